The highest BCUT2D eigenvalue weighted by molar-refractivity contribution is 6.03. The topological polar surface area (TPSA) is 166 Å². The largest absolute Gasteiger partial charge is 0.508 e. The summed E-state index contributed by atoms with van der Waals surface area (Å²) in [6, 6.07) is 11.7. The summed E-state index contributed by atoms with van der Waals surface area (Å²) in [5, 5.41) is 18.0. The number of carbonyl (C=O) groups is 2. The molecule has 3 atom stereocenters. The normalized spacial score (nSPS) is 23.9. The van der Waals surface area contributed by atoms with Crippen LogP contribution in [0.1, 0.15) is 88.7 Å². The molecule has 2 bridgehead atoms. The molecule has 7 fully saturated rings. The van der Waals surface area contributed by atoms with Crippen LogP contribution in [-0.2, 0) is 16.6 Å². The number of piperidine rings is 4. The van der Waals surface area contributed by atoms with Crippen LogP contribution in [0.5, 0.6) is 11.8 Å². The number of pyridine rings is 1. The van der Waals surface area contributed by atoms with Crippen LogP contribution in [0.3, 0.4) is 0 Å². The van der Waals surface area contributed by atoms with E-state index in [0.717, 1.165) is 102 Å². The summed E-state index contributed by atoms with van der Waals surface area (Å²) in [5.41, 5.74) is 2.81. The quantitative estimate of drug-likeness (QED) is 0.0936. The Hall–Kier alpha value is -6.68. The van der Waals surface area contributed by atoms with Gasteiger partial charge in [-0.2, -0.15) is 9.97 Å². The highest BCUT2D eigenvalue weighted by Crippen LogP contribution is 2.49. The third-order valence-electron chi connectivity index (χ3n) is 18.6. The molecule has 1 spiro atoms. The molecule has 1 aliphatic carbocycles. The highest BCUT2D eigenvalue weighted by Gasteiger charge is 2.47. The molecule has 13 rings (SSSR count). The number of carbonyl (C=O) groups excluding carboxylic acids is 2. The molecule has 3 aromatic carbocycles. The third-order valence-corrected chi connectivity index (χ3v) is 18.6. The van der Waals surface area contributed by atoms with Crippen molar-refractivity contribution >= 4 is 56.0 Å². The fourth-order valence-corrected chi connectivity index (χ4v) is 13.9. The van der Waals surface area contributed by atoms with Crippen LogP contribution in [0.15, 0.2) is 53.5 Å². The fourth-order valence-electron chi connectivity index (χ4n) is 13.9. The molecule has 76 heavy (non-hydrogen) atoms. The number of hydrogen-bond acceptors (Lipinski definition) is 13. The molecule has 18 heteroatoms. The number of halogens is 2. The predicted molar refractivity (Wildman–Crippen MR) is 286 cm³/mol. The van der Waals surface area contributed by atoms with Gasteiger partial charge in [0.15, 0.2) is 5.82 Å². The number of benzene rings is 3. The Morgan fingerprint density at radius 1 is 0.842 bits per heavy atom. The zero-order chi connectivity index (χ0) is 52.0. The van der Waals surface area contributed by atoms with Gasteiger partial charge in [-0.1, -0.05) is 12.0 Å². The van der Waals surface area contributed by atoms with Crippen molar-refractivity contribution in [3.63, 3.8) is 0 Å². The first-order valence-electron chi connectivity index (χ1n) is 27.5. The maximum atomic E-state index is 17.2. The molecular formula is C58H65F2N11O5. The number of amides is 2. The summed E-state index contributed by atoms with van der Waals surface area (Å²) in [5.74, 6) is 1.47. The summed E-state index contributed by atoms with van der Waals surface area (Å²) in [6.45, 7) is 10.3. The van der Waals surface area contributed by atoms with Gasteiger partial charge >= 0.3 is 11.7 Å². The van der Waals surface area contributed by atoms with Crippen LogP contribution >= 0.6 is 0 Å². The van der Waals surface area contributed by atoms with Gasteiger partial charge in [0.1, 0.15) is 34.6 Å². The number of ether oxygens (including phenoxy) is 1. The average Bonchev–Trinajstić information content (AvgIpc) is 4.14. The van der Waals surface area contributed by atoms with E-state index in [9.17, 15) is 19.5 Å². The number of phenolic OH excluding ortho intramolecular Hbond substituents is 1. The van der Waals surface area contributed by atoms with E-state index in [1.54, 1.807) is 22.4 Å². The van der Waals surface area contributed by atoms with E-state index < -0.39 is 23.6 Å². The minimum atomic E-state index is -0.719. The predicted octanol–water partition coefficient (Wildman–Crippen LogP) is 6.64. The molecule has 3 unspecified atom stereocenters. The van der Waals surface area contributed by atoms with Crippen molar-refractivity contribution in [2.24, 2.45) is 23.8 Å². The summed E-state index contributed by atoms with van der Waals surface area (Å²) >= 11 is 0. The number of nitrogens with one attached hydrogen (secondary N) is 2. The van der Waals surface area contributed by atoms with Crippen LogP contribution in [0.2, 0.25) is 0 Å². The average molecular weight is 1030 g/mol. The fraction of sp³-hybridized carbons (Fsp3) is 0.517. The number of nitrogens with zero attached hydrogens (tertiary/aromatic N) is 9. The van der Waals surface area contributed by atoms with E-state index in [2.05, 4.69) is 53.3 Å². The third kappa shape index (κ3) is 8.91. The van der Waals surface area contributed by atoms with E-state index in [1.807, 2.05) is 6.07 Å². The molecule has 16 nitrogen and oxygen atoms in total. The Kier molecular flexibility index (Phi) is 12.3. The van der Waals surface area contributed by atoms with Gasteiger partial charge in [0.05, 0.1) is 28.6 Å². The Morgan fingerprint density at radius 3 is 2.29 bits per heavy atom. The van der Waals surface area contributed by atoms with Gasteiger partial charge in [-0.3, -0.25) is 29.0 Å². The van der Waals surface area contributed by atoms with Gasteiger partial charge < -0.3 is 34.8 Å². The molecule has 7 aliphatic rings. The molecule has 396 valence electrons. The molecule has 1 saturated carbocycles. The van der Waals surface area contributed by atoms with Gasteiger partial charge in [-0.05, 0) is 150 Å². The van der Waals surface area contributed by atoms with Crippen molar-refractivity contribution in [1.82, 2.24) is 44.5 Å². The number of imide groups is 1. The maximum absolute atomic E-state index is 17.2. The highest BCUT2D eigenvalue weighted by atomic mass is 19.1. The van der Waals surface area contributed by atoms with Crippen molar-refractivity contribution in [2.45, 2.75) is 95.2 Å². The summed E-state index contributed by atoms with van der Waals surface area (Å²) in [6.07, 6.45) is 19.2. The monoisotopic (exact) mass is 1030 g/mol. The Morgan fingerprint density at radius 2 is 1.58 bits per heavy atom. The number of fused-ring (bicyclic) bond motifs is 5. The minimum absolute atomic E-state index is 0.0248. The number of likely N-dealkylation sites (tertiary alicyclic amines) is 2. The number of aromatic hydroxyl groups is 1. The van der Waals surface area contributed by atoms with Crippen molar-refractivity contribution in [3.05, 3.63) is 76.3 Å². The van der Waals surface area contributed by atoms with Crippen LogP contribution in [-0.4, -0.2) is 135 Å². The number of aromatic nitrogens is 5. The van der Waals surface area contributed by atoms with Gasteiger partial charge in [0.25, 0.3) is 0 Å². The summed E-state index contributed by atoms with van der Waals surface area (Å²) < 4.78 is 42.0. The first-order valence-corrected chi connectivity index (χ1v) is 27.5. The first-order chi connectivity index (χ1) is 36.8. The number of rotatable bonds is 11. The van der Waals surface area contributed by atoms with Crippen LogP contribution in [0, 0.1) is 40.7 Å². The van der Waals surface area contributed by atoms with E-state index in [0.29, 0.717) is 71.6 Å². The van der Waals surface area contributed by atoms with Crippen LogP contribution in [0.25, 0.3) is 44.0 Å². The molecule has 0 radical (unpaired) electrons. The second-order valence-corrected chi connectivity index (χ2v) is 23.4. The Balaban J connectivity index is 0.629. The number of anilines is 2. The number of imidazole rings is 1. The second kappa shape index (κ2) is 19.1. The molecule has 2 amide bonds. The maximum Gasteiger partial charge on any atom is 0.329 e. The van der Waals surface area contributed by atoms with E-state index in [1.165, 1.54) is 49.9 Å². The van der Waals surface area contributed by atoms with E-state index in [-0.39, 0.29) is 62.9 Å². The number of terminal acetylenes is 1. The summed E-state index contributed by atoms with van der Waals surface area (Å²) in [7, 11) is 1.75. The lowest BCUT2D eigenvalue weighted by molar-refractivity contribution is -0.135. The zero-order valence-corrected chi connectivity index (χ0v) is 43.1. The SMILES string of the molecule is C#Cc1c(F)ccc2cc(O)cc(-c3ncc4c(N5CC6CCC(C5)N6)nc(OCC5(CN6CCC7(CCN(CC8CCN(c9ccc%10c(c9)n(C)c(=O)n%10C9CCC(=O)NC9=O)CC8)CC7)CC6)CC5)nc4c3F)c12. The lowest BCUT2D eigenvalue weighted by atomic mass is 9.71. The molecule has 6 aliphatic heterocycles. The number of hydrogen-bond donors (Lipinski definition) is 3. The number of phenols is 1. The van der Waals surface area contributed by atoms with Crippen molar-refractivity contribution < 1.29 is 28.2 Å². The van der Waals surface area contributed by atoms with Gasteiger partial charge in [-0.25, -0.2) is 13.6 Å². The van der Waals surface area contributed by atoms with Gasteiger partial charge in [0.2, 0.25) is 11.8 Å². The molecule has 9 heterocycles. The van der Waals surface area contributed by atoms with Crippen molar-refractivity contribution in [3.8, 4) is 35.4 Å². The molecule has 6 saturated heterocycles. The minimum Gasteiger partial charge on any atom is -0.508 e. The molecular weight excluding hydrogens is 969 g/mol. The number of aryl methyl sites for hydroxylation is 1. The lowest BCUT2D eigenvalue weighted by Gasteiger charge is -2.48. The van der Waals surface area contributed by atoms with Gasteiger partial charge in [-0.15, -0.1) is 6.42 Å². The molecule has 3 aromatic heterocycles. The van der Waals surface area contributed by atoms with Crippen molar-refractivity contribution in [2.75, 3.05) is 81.9 Å². The van der Waals surface area contributed by atoms with E-state index in [4.69, 9.17) is 21.1 Å². The first kappa shape index (κ1) is 48.9. The van der Waals surface area contributed by atoms with E-state index >= 15 is 8.78 Å². The van der Waals surface area contributed by atoms with Crippen LogP contribution in [0.4, 0.5) is 20.3 Å². The van der Waals surface area contributed by atoms with Crippen molar-refractivity contribution in [1.29, 1.82) is 0 Å². The number of piperazine rings is 1. The summed E-state index contributed by atoms with van der Waals surface area (Å²) in [4.78, 5) is 62.1. The van der Waals surface area contributed by atoms with Crippen LogP contribution < -0.4 is 30.9 Å². The standard InChI is InChI=1S/C58H65F2N11O5/c1-3-41-44(59)8-4-36-26-40(72)28-42(49(36)41)51-50(60)52-43(29-61-51)53(70-31-37-5-6-38(32-70)62-37)65-55(64-52)76-34-58(14-15-58)33-68-24-18-57(19-25-68)16-22-67(23-17-57)30-35-12-20-69(21-13-35)39-7-9-45-47(27-39)66(2)56(75)71(45)46-10-11-48(73)63-54(46)74/h1,4,7-9,26-29,35,37-38,46,62,72H,5-6,10-25,30-34H2,2H3,(H,63,73,74). The zero-order valence-electron chi connectivity index (χ0n) is 43.1. The van der Waals surface area contributed by atoms with Gasteiger partial charge in [0, 0.05) is 93.1 Å². The Labute approximate surface area is 439 Å². The smallest absolute Gasteiger partial charge is 0.329 e. The Bertz CT molecular complexity index is 3400. The second-order valence-electron chi connectivity index (χ2n) is 23.4. The molecule has 3 N–H and O–H groups in total. The lowest BCUT2D eigenvalue weighted by Crippen LogP contribution is -2.51. The molecule has 6 aromatic rings.